The van der Waals surface area contributed by atoms with E-state index in [1.165, 1.54) is 6.42 Å². The van der Waals surface area contributed by atoms with Crippen LogP contribution in [0.25, 0.3) is 0 Å². The molecule has 4 nitrogen and oxygen atoms in total. The highest BCUT2D eigenvalue weighted by molar-refractivity contribution is 5.89. The number of nitrogens with one attached hydrogen (secondary N) is 2. The Morgan fingerprint density at radius 1 is 1.42 bits per heavy atom. The van der Waals surface area contributed by atoms with Gasteiger partial charge in [-0.2, -0.15) is 0 Å². The third-order valence-corrected chi connectivity index (χ3v) is 3.11. The number of anilines is 1. The Bertz CT molecular complexity index is 524. The third kappa shape index (κ3) is 4.01. The minimum absolute atomic E-state index is 0.145. The molecule has 1 aromatic carbocycles. The number of carbonyl (C=O) groups is 1. The van der Waals surface area contributed by atoms with Crippen LogP contribution < -0.4 is 16.4 Å². The molecule has 1 fully saturated rings. The Morgan fingerprint density at radius 2 is 2.21 bits per heavy atom. The number of hydrogen-bond donors (Lipinski definition) is 3. The van der Waals surface area contributed by atoms with Gasteiger partial charge in [-0.1, -0.05) is 11.8 Å². The number of aryl methyl sites for hydroxylation is 1. The van der Waals surface area contributed by atoms with Crippen molar-refractivity contribution >= 4 is 11.7 Å². The quantitative estimate of drug-likeness (QED) is 0.709. The molecule has 0 heterocycles. The van der Waals surface area contributed by atoms with Crippen LogP contribution in [0.1, 0.15) is 30.4 Å². The molecule has 0 atom stereocenters. The molecule has 1 saturated carbocycles. The molecule has 0 aliphatic heterocycles. The average Bonchev–Trinajstić information content (AvgIpc) is 2.30. The maximum absolute atomic E-state index is 11.8. The van der Waals surface area contributed by atoms with Crippen LogP contribution in [0.15, 0.2) is 18.2 Å². The summed E-state index contributed by atoms with van der Waals surface area (Å²) in [7, 11) is 0. The fourth-order valence-corrected chi connectivity index (χ4v) is 1.99. The zero-order valence-electron chi connectivity index (χ0n) is 11.1. The van der Waals surface area contributed by atoms with E-state index in [1.54, 1.807) is 0 Å². The number of rotatable bonds is 2. The second-order valence-corrected chi connectivity index (χ2v) is 4.82. The maximum Gasteiger partial charge on any atom is 0.319 e. The van der Waals surface area contributed by atoms with E-state index in [9.17, 15) is 4.79 Å². The highest BCUT2D eigenvalue weighted by Crippen LogP contribution is 2.18. The molecule has 4 N–H and O–H groups in total. The van der Waals surface area contributed by atoms with Gasteiger partial charge in [-0.05, 0) is 49.9 Å². The van der Waals surface area contributed by atoms with Gasteiger partial charge in [0, 0.05) is 17.3 Å². The first kappa shape index (κ1) is 13.4. The van der Waals surface area contributed by atoms with Gasteiger partial charge in [0.15, 0.2) is 0 Å². The largest absolute Gasteiger partial charge is 0.335 e. The first-order valence-corrected chi connectivity index (χ1v) is 6.55. The van der Waals surface area contributed by atoms with Crippen LogP contribution >= 0.6 is 0 Å². The summed E-state index contributed by atoms with van der Waals surface area (Å²) in [4.78, 5) is 11.8. The summed E-state index contributed by atoms with van der Waals surface area (Å²) >= 11 is 0. The summed E-state index contributed by atoms with van der Waals surface area (Å²) in [6.07, 6.45) is 3.36. The van der Waals surface area contributed by atoms with E-state index in [2.05, 4.69) is 22.5 Å². The van der Waals surface area contributed by atoms with Crippen LogP contribution in [0.2, 0.25) is 0 Å². The SMILES string of the molecule is Cc1cc(C#CCN)cc(NC(=O)NC2CCC2)c1. The Kier molecular flexibility index (Phi) is 4.43. The second-order valence-electron chi connectivity index (χ2n) is 4.82. The lowest BCUT2D eigenvalue weighted by Crippen LogP contribution is -2.41. The van der Waals surface area contributed by atoms with Crippen molar-refractivity contribution in [3.8, 4) is 11.8 Å². The smallest absolute Gasteiger partial charge is 0.319 e. The molecule has 4 heteroatoms. The number of amides is 2. The van der Waals surface area contributed by atoms with Crippen molar-refractivity contribution in [2.24, 2.45) is 5.73 Å². The molecule has 19 heavy (non-hydrogen) atoms. The van der Waals surface area contributed by atoms with Gasteiger partial charge in [-0.25, -0.2) is 4.79 Å². The molecular weight excluding hydrogens is 238 g/mol. The van der Waals surface area contributed by atoms with Crippen LogP contribution in [0.3, 0.4) is 0 Å². The lowest BCUT2D eigenvalue weighted by Gasteiger charge is -2.26. The molecule has 1 aromatic rings. The van der Waals surface area contributed by atoms with E-state index in [4.69, 9.17) is 5.73 Å². The Labute approximate surface area is 113 Å². The molecule has 0 radical (unpaired) electrons. The highest BCUT2D eigenvalue weighted by Gasteiger charge is 2.19. The van der Waals surface area contributed by atoms with Crippen LogP contribution in [0.5, 0.6) is 0 Å². The van der Waals surface area contributed by atoms with Gasteiger partial charge in [-0.15, -0.1) is 0 Å². The van der Waals surface area contributed by atoms with Crippen molar-refractivity contribution in [1.82, 2.24) is 5.32 Å². The zero-order valence-corrected chi connectivity index (χ0v) is 11.1. The van der Waals surface area contributed by atoms with E-state index < -0.39 is 0 Å². The minimum atomic E-state index is -0.145. The highest BCUT2D eigenvalue weighted by atomic mass is 16.2. The van der Waals surface area contributed by atoms with Crippen molar-refractivity contribution in [2.75, 3.05) is 11.9 Å². The fourth-order valence-electron chi connectivity index (χ4n) is 1.99. The molecule has 0 saturated heterocycles. The Morgan fingerprint density at radius 3 is 2.84 bits per heavy atom. The fraction of sp³-hybridized carbons (Fsp3) is 0.400. The van der Waals surface area contributed by atoms with Crippen molar-refractivity contribution in [2.45, 2.75) is 32.2 Å². The predicted octanol–water partition coefficient (Wildman–Crippen LogP) is 1.98. The van der Waals surface area contributed by atoms with Crippen LogP contribution in [0.4, 0.5) is 10.5 Å². The Balaban J connectivity index is 2.02. The van der Waals surface area contributed by atoms with Crippen LogP contribution in [-0.4, -0.2) is 18.6 Å². The number of carbonyl (C=O) groups excluding carboxylic acids is 1. The molecule has 100 valence electrons. The van der Waals surface area contributed by atoms with Gasteiger partial charge >= 0.3 is 6.03 Å². The summed E-state index contributed by atoms with van der Waals surface area (Å²) in [6.45, 7) is 2.31. The zero-order chi connectivity index (χ0) is 13.7. The number of urea groups is 1. The van der Waals surface area contributed by atoms with Crippen molar-refractivity contribution in [1.29, 1.82) is 0 Å². The number of benzene rings is 1. The van der Waals surface area contributed by atoms with E-state index in [0.29, 0.717) is 12.6 Å². The average molecular weight is 257 g/mol. The molecule has 0 unspecified atom stereocenters. The first-order valence-electron chi connectivity index (χ1n) is 6.55. The summed E-state index contributed by atoms with van der Waals surface area (Å²) in [6, 6.07) is 5.94. The van der Waals surface area contributed by atoms with Gasteiger partial charge in [0.05, 0.1) is 6.54 Å². The maximum atomic E-state index is 11.8. The predicted molar refractivity (Wildman–Crippen MR) is 76.9 cm³/mol. The summed E-state index contributed by atoms with van der Waals surface area (Å²) in [5, 5.41) is 5.79. The summed E-state index contributed by atoms with van der Waals surface area (Å²) in [5.41, 5.74) is 8.04. The van der Waals surface area contributed by atoms with Gasteiger partial charge in [-0.3, -0.25) is 0 Å². The van der Waals surface area contributed by atoms with Crippen LogP contribution in [-0.2, 0) is 0 Å². The van der Waals surface area contributed by atoms with Crippen molar-refractivity contribution in [3.63, 3.8) is 0 Å². The lowest BCUT2D eigenvalue weighted by atomic mass is 9.93. The first-order chi connectivity index (χ1) is 9.17. The second kappa shape index (κ2) is 6.26. The normalized spacial score (nSPS) is 14.0. The van der Waals surface area contributed by atoms with E-state index in [0.717, 1.165) is 29.7 Å². The monoisotopic (exact) mass is 257 g/mol. The lowest BCUT2D eigenvalue weighted by molar-refractivity contribution is 0.240. The molecule has 0 aromatic heterocycles. The number of nitrogens with two attached hydrogens (primary N) is 1. The van der Waals surface area contributed by atoms with Crippen LogP contribution in [0, 0.1) is 18.8 Å². The van der Waals surface area contributed by atoms with Gasteiger partial charge in [0.2, 0.25) is 0 Å². The number of hydrogen-bond acceptors (Lipinski definition) is 2. The third-order valence-electron chi connectivity index (χ3n) is 3.11. The molecule has 0 bridgehead atoms. The van der Waals surface area contributed by atoms with Gasteiger partial charge in [0.1, 0.15) is 0 Å². The molecule has 2 rings (SSSR count). The topological polar surface area (TPSA) is 67.1 Å². The standard InChI is InChI=1S/C15H19N3O/c1-11-8-12(4-3-7-16)10-14(9-11)18-15(19)17-13-5-2-6-13/h8-10,13H,2,5-7,16H2,1H3,(H2,17,18,19). The van der Waals surface area contributed by atoms with Crippen molar-refractivity contribution < 1.29 is 4.79 Å². The molecule has 0 spiro atoms. The van der Waals surface area contributed by atoms with Crippen molar-refractivity contribution in [3.05, 3.63) is 29.3 Å². The molecular formula is C15H19N3O. The van der Waals surface area contributed by atoms with E-state index >= 15 is 0 Å². The Hall–Kier alpha value is -1.99. The summed E-state index contributed by atoms with van der Waals surface area (Å²) < 4.78 is 0. The molecule has 1 aliphatic carbocycles. The van der Waals surface area contributed by atoms with E-state index in [-0.39, 0.29) is 6.03 Å². The molecule has 1 aliphatic rings. The van der Waals surface area contributed by atoms with Gasteiger partial charge in [0.25, 0.3) is 0 Å². The van der Waals surface area contributed by atoms with Gasteiger partial charge < -0.3 is 16.4 Å². The molecule has 2 amide bonds. The van der Waals surface area contributed by atoms with E-state index in [1.807, 2.05) is 25.1 Å². The summed E-state index contributed by atoms with van der Waals surface area (Å²) in [5.74, 6) is 5.79. The minimum Gasteiger partial charge on any atom is -0.335 e.